The van der Waals surface area contributed by atoms with Crippen LogP contribution in [0, 0.1) is 0 Å². The van der Waals surface area contributed by atoms with Gasteiger partial charge in [-0.3, -0.25) is 4.79 Å². The van der Waals surface area contributed by atoms with E-state index in [1.807, 2.05) is 6.07 Å². The Labute approximate surface area is 227 Å². The van der Waals surface area contributed by atoms with Crippen molar-refractivity contribution in [2.45, 2.75) is 71.6 Å². The lowest BCUT2D eigenvalue weighted by Gasteiger charge is -2.43. The van der Waals surface area contributed by atoms with Gasteiger partial charge in [0.1, 0.15) is 0 Å². The first kappa shape index (κ1) is 24.7. The zero-order valence-corrected chi connectivity index (χ0v) is 23.9. The van der Waals surface area contributed by atoms with Gasteiger partial charge in [-0.25, -0.2) is 0 Å². The number of carbonyl (C=O) groups is 1. The lowest BCUT2D eigenvalue weighted by molar-refractivity contribution is 0.101. The molecule has 0 aromatic heterocycles. The van der Waals surface area contributed by atoms with E-state index in [0.29, 0.717) is 0 Å². The molecule has 0 saturated heterocycles. The zero-order chi connectivity index (χ0) is 27.2. The second-order valence-corrected chi connectivity index (χ2v) is 13.1. The van der Waals surface area contributed by atoms with Crippen LogP contribution in [0.25, 0.3) is 11.1 Å². The van der Waals surface area contributed by atoms with Gasteiger partial charge >= 0.3 is 0 Å². The SMILES string of the molecule is CC(=O)c1ccc2c(c1)C(C)(C)c1cc3c(cc1-2)C(C)(C)c1ccccc1N3c1ccc(C(C)(C)C)cc1. The highest BCUT2D eigenvalue weighted by atomic mass is 16.1. The molecule has 0 spiro atoms. The van der Waals surface area contributed by atoms with Gasteiger partial charge in [0.25, 0.3) is 0 Å². The Bertz CT molecular complexity index is 1610. The highest BCUT2D eigenvalue weighted by Gasteiger charge is 2.42. The summed E-state index contributed by atoms with van der Waals surface area (Å²) in [6, 6.07) is 29.0. The standard InChI is InChI=1S/C36H37NO/c1-22(38)23-13-18-26-27-20-31-33(21-30(27)36(7,8)29(26)19-23)37(25-16-14-24(15-17-25)34(2,3)4)32-12-10-9-11-28(32)35(31,5)6/h9-21H,1-8H3. The minimum absolute atomic E-state index is 0.105. The van der Waals surface area contributed by atoms with Gasteiger partial charge in [-0.15, -0.1) is 0 Å². The molecule has 6 rings (SSSR count). The van der Waals surface area contributed by atoms with E-state index in [4.69, 9.17) is 0 Å². The molecular weight excluding hydrogens is 462 g/mol. The minimum Gasteiger partial charge on any atom is -0.310 e. The van der Waals surface area contributed by atoms with Crippen molar-refractivity contribution in [2.75, 3.05) is 4.90 Å². The lowest BCUT2D eigenvalue weighted by Crippen LogP contribution is -2.31. The maximum atomic E-state index is 12.2. The van der Waals surface area contributed by atoms with Crippen molar-refractivity contribution >= 4 is 22.8 Å². The molecule has 0 fully saturated rings. The van der Waals surface area contributed by atoms with Crippen molar-refractivity contribution < 1.29 is 4.79 Å². The van der Waals surface area contributed by atoms with Crippen LogP contribution in [0.1, 0.15) is 93.6 Å². The van der Waals surface area contributed by atoms with E-state index < -0.39 is 0 Å². The average molecular weight is 500 g/mol. The molecule has 2 heteroatoms. The number of para-hydroxylation sites is 1. The molecule has 0 atom stereocenters. The molecule has 38 heavy (non-hydrogen) atoms. The molecule has 0 unspecified atom stereocenters. The number of nitrogens with zero attached hydrogens (tertiary/aromatic N) is 1. The topological polar surface area (TPSA) is 20.3 Å². The van der Waals surface area contributed by atoms with Crippen molar-refractivity contribution in [1.29, 1.82) is 0 Å². The Kier molecular flexibility index (Phi) is 5.15. The third-order valence-corrected chi connectivity index (χ3v) is 8.92. The molecule has 2 nitrogen and oxygen atoms in total. The normalized spacial score (nSPS) is 16.4. The largest absolute Gasteiger partial charge is 0.310 e. The van der Waals surface area contributed by atoms with Gasteiger partial charge in [0.2, 0.25) is 0 Å². The van der Waals surface area contributed by atoms with Crippen LogP contribution in [0.15, 0.2) is 78.9 Å². The molecule has 0 radical (unpaired) electrons. The van der Waals surface area contributed by atoms with Crippen LogP contribution in [0.5, 0.6) is 0 Å². The van der Waals surface area contributed by atoms with Crippen molar-refractivity contribution in [3.8, 4) is 11.1 Å². The van der Waals surface area contributed by atoms with Crippen LogP contribution in [-0.2, 0) is 16.2 Å². The zero-order valence-electron chi connectivity index (χ0n) is 23.9. The molecule has 0 amide bonds. The van der Waals surface area contributed by atoms with E-state index in [1.165, 1.54) is 56.0 Å². The Morgan fingerprint density at radius 1 is 0.658 bits per heavy atom. The number of fused-ring (bicyclic) bond motifs is 5. The molecule has 0 saturated carbocycles. The molecule has 4 aromatic carbocycles. The Hall–Kier alpha value is -3.65. The van der Waals surface area contributed by atoms with E-state index >= 15 is 0 Å². The van der Waals surface area contributed by atoms with E-state index in [2.05, 4.69) is 126 Å². The van der Waals surface area contributed by atoms with Crippen molar-refractivity contribution in [2.24, 2.45) is 0 Å². The number of ketones is 1. The Morgan fingerprint density at radius 3 is 1.95 bits per heavy atom. The summed E-state index contributed by atoms with van der Waals surface area (Å²) in [4.78, 5) is 14.7. The highest BCUT2D eigenvalue weighted by Crippen LogP contribution is 2.57. The second kappa shape index (κ2) is 7.93. The molecule has 1 heterocycles. The summed E-state index contributed by atoms with van der Waals surface area (Å²) in [5.41, 5.74) is 13.3. The highest BCUT2D eigenvalue weighted by molar-refractivity contribution is 5.97. The van der Waals surface area contributed by atoms with Crippen molar-refractivity contribution in [1.82, 2.24) is 0 Å². The van der Waals surface area contributed by atoms with Gasteiger partial charge in [0.15, 0.2) is 5.78 Å². The lowest BCUT2D eigenvalue weighted by atomic mass is 9.71. The van der Waals surface area contributed by atoms with Crippen LogP contribution in [0.2, 0.25) is 0 Å². The molecule has 4 aromatic rings. The van der Waals surface area contributed by atoms with Crippen LogP contribution in [-0.4, -0.2) is 5.78 Å². The van der Waals surface area contributed by atoms with E-state index in [1.54, 1.807) is 6.92 Å². The fourth-order valence-corrected chi connectivity index (χ4v) is 6.53. The number of hydrogen-bond donors (Lipinski definition) is 0. The third kappa shape index (κ3) is 3.42. The number of anilines is 3. The van der Waals surface area contributed by atoms with Gasteiger partial charge in [-0.2, -0.15) is 0 Å². The monoisotopic (exact) mass is 499 g/mol. The summed E-state index contributed by atoms with van der Waals surface area (Å²) in [5.74, 6) is 0.111. The van der Waals surface area contributed by atoms with Gasteiger partial charge in [-0.1, -0.05) is 90.9 Å². The predicted molar refractivity (Wildman–Crippen MR) is 160 cm³/mol. The first-order valence-electron chi connectivity index (χ1n) is 13.7. The van der Waals surface area contributed by atoms with Crippen LogP contribution in [0.4, 0.5) is 17.1 Å². The number of hydrogen-bond acceptors (Lipinski definition) is 2. The summed E-state index contributed by atoms with van der Waals surface area (Å²) in [7, 11) is 0. The quantitative estimate of drug-likeness (QED) is 0.256. The van der Waals surface area contributed by atoms with E-state index in [-0.39, 0.29) is 22.0 Å². The molecular formula is C36H37NO. The predicted octanol–water partition coefficient (Wildman–Crippen LogP) is 9.60. The number of benzene rings is 4. The molecule has 0 N–H and O–H groups in total. The molecule has 0 bridgehead atoms. The van der Waals surface area contributed by atoms with Gasteiger partial charge in [-0.05, 0) is 87.7 Å². The summed E-state index contributed by atoms with van der Waals surface area (Å²) in [6.07, 6.45) is 0. The fourth-order valence-electron chi connectivity index (χ4n) is 6.53. The summed E-state index contributed by atoms with van der Waals surface area (Å²) in [5, 5.41) is 0. The number of Topliss-reactive ketones (excluding diaryl/α,β-unsaturated/α-hetero) is 1. The Morgan fingerprint density at radius 2 is 1.29 bits per heavy atom. The van der Waals surface area contributed by atoms with E-state index in [9.17, 15) is 4.79 Å². The smallest absolute Gasteiger partial charge is 0.159 e. The summed E-state index contributed by atoms with van der Waals surface area (Å²) in [6.45, 7) is 17.7. The fraction of sp³-hybridized carbons (Fsp3) is 0.306. The molecule has 1 aliphatic carbocycles. The maximum absolute atomic E-state index is 12.2. The van der Waals surface area contributed by atoms with Gasteiger partial charge < -0.3 is 4.90 Å². The van der Waals surface area contributed by atoms with Gasteiger partial charge in [0, 0.05) is 22.1 Å². The average Bonchev–Trinajstić information content (AvgIpc) is 3.09. The third-order valence-electron chi connectivity index (χ3n) is 8.92. The maximum Gasteiger partial charge on any atom is 0.159 e. The molecule has 1 aliphatic heterocycles. The van der Waals surface area contributed by atoms with Crippen molar-refractivity contribution in [3.05, 3.63) is 112 Å². The summed E-state index contributed by atoms with van der Waals surface area (Å²) >= 11 is 0. The summed E-state index contributed by atoms with van der Waals surface area (Å²) < 4.78 is 0. The van der Waals surface area contributed by atoms with Crippen LogP contribution >= 0.6 is 0 Å². The first-order valence-corrected chi connectivity index (χ1v) is 13.7. The minimum atomic E-state index is -0.200. The van der Waals surface area contributed by atoms with E-state index in [0.717, 1.165) is 5.56 Å². The second-order valence-electron chi connectivity index (χ2n) is 13.1. The Balaban J connectivity index is 1.61. The van der Waals surface area contributed by atoms with Crippen molar-refractivity contribution in [3.63, 3.8) is 0 Å². The van der Waals surface area contributed by atoms with Crippen LogP contribution in [0.3, 0.4) is 0 Å². The molecule has 192 valence electrons. The molecule has 2 aliphatic rings. The number of rotatable bonds is 2. The van der Waals surface area contributed by atoms with Gasteiger partial charge in [0.05, 0.1) is 11.4 Å². The number of carbonyl (C=O) groups excluding carboxylic acids is 1. The van der Waals surface area contributed by atoms with Crippen LogP contribution < -0.4 is 4.90 Å². The first-order chi connectivity index (χ1) is 17.8.